The van der Waals surface area contributed by atoms with Gasteiger partial charge in [0.15, 0.2) is 10.1 Å². The number of benzene rings is 2. The van der Waals surface area contributed by atoms with Crippen molar-refractivity contribution in [2.24, 2.45) is 5.14 Å². The molecule has 2 N–H and O–H groups in total. The minimum Gasteiger partial charge on any atom is -0.497 e. The Hall–Kier alpha value is -3.80. The molecular formula is C36H52N8O6S2. The van der Waals surface area contributed by atoms with Crippen molar-refractivity contribution in [3.63, 3.8) is 0 Å². The molecule has 2 aromatic heterocycles. The van der Waals surface area contributed by atoms with Crippen LogP contribution in [0.5, 0.6) is 11.5 Å². The van der Waals surface area contributed by atoms with Crippen molar-refractivity contribution in [3.05, 3.63) is 84.2 Å². The number of nitrogens with two attached hydrogens (primary N) is 1. The predicted octanol–water partition coefficient (Wildman–Crippen LogP) is 3.70. The van der Waals surface area contributed by atoms with Gasteiger partial charge < -0.3 is 19.3 Å². The van der Waals surface area contributed by atoms with Gasteiger partial charge in [-0.2, -0.15) is 14.5 Å². The van der Waals surface area contributed by atoms with Crippen LogP contribution >= 0.6 is 0 Å². The average molecular weight is 757 g/mol. The molecular weight excluding hydrogens is 705 g/mol. The van der Waals surface area contributed by atoms with E-state index in [-0.39, 0.29) is 34.2 Å². The smallest absolute Gasteiger partial charge is 0.262 e. The fraction of sp³-hybridized carbons (Fsp3) is 0.500. The van der Waals surface area contributed by atoms with Crippen molar-refractivity contribution in [1.82, 2.24) is 33.7 Å². The van der Waals surface area contributed by atoms with Crippen molar-refractivity contribution in [2.45, 2.75) is 72.7 Å². The lowest BCUT2D eigenvalue weighted by Gasteiger charge is -2.43. The molecule has 4 aromatic rings. The summed E-state index contributed by atoms with van der Waals surface area (Å²) in [7, 11) is 3.74. The SMILES string of the molecule is CN(C)CC1(n2ccc(S(N)(=O)=O)n2)CCC1.COc1ccc(CN(Cc2ccc(OC)cc2)S(=O)(=O)c2ccn(C3(CN(C)C)CCC3)n2)cc1. The van der Waals surface area contributed by atoms with E-state index in [0.717, 1.165) is 74.2 Å². The lowest BCUT2D eigenvalue weighted by Crippen LogP contribution is -2.48. The van der Waals surface area contributed by atoms with E-state index in [0.29, 0.717) is 0 Å². The van der Waals surface area contributed by atoms with Gasteiger partial charge in [0.05, 0.1) is 25.3 Å². The largest absolute Gasteiger partial charge is 0.497 e. The topological polar surface area (TPSA) is 158 Å². The first-order chi connectivity index (χ1) is 24.6. The maximum Gasteiger partial charge on any atom is 0.262 e. The molecule has 0 bridgehead atoms. The minimum atomic E-state index is -3.86. The molecule has 14 nitrogen and oxygen atoms in total. The van der Waals surface area contributed by atoms with Gasteiger partial charge in [-0.3, -0.25) is 9.36 Å². The Bertz CT molecular complexity index is 1930. The van der Waals surface area contributed by atoms with Crippen LogP contribution < -0.4 is 14.6 Å². The van der Waals surface area contributed by atoms with Crippen molar-refractivity contribution >= 4 is 20.0 Å². The lowest BCUT2D eigenvalue weighted by atomic mass is 9.76. The summed E-state index contributed by atoms with van der Waals surface area (Å²) in [6, 6.07) is 18.0. The Kier molecular flexibility index (Phi) is 12.2. The number of nitrogens with zero attached hydrogens (tertiary/aromatic N) is 7. The van der Waals surface area contributed by atoms with E-state index in [1.165, 1.54) is 10.4 Å². The van der Waals surface area contributed by atoms with Crippen LogP contribution in [0.4, 0.5) is 0 Å². The van der Waals surface area contributed by atoms with Gasteiger partial charge in [-0.15, -0.1) is 0 Å². The second kappa shape index (κ2) is 16.1. The maximum absolute atomic E-state index is 13.8. The molecule has 0 amide bonds. The van der Waals surface area contributed by atoms with Gasteiger partial charge in [0.1, 0.15) is 11.5 Å². The van der Waals surface area contributed by atoms with Crippen molar-refractivity contribution in [2.75, 3.05) is 55.5 Å². The van der Waals surface area contributed by atoms with E-state index in [4.69, 9.17) is 14.6 Å². The van der Waals surface area contributed by atoms with E-state index >= 15 is 0 Å². The third kappa shape index (κ3) is 9.04. The summed E-state index contributed by atoms with van der Waals surface area (Å²) in [4.78, 5) is 4.23. The number of methoxy groups -OCH3 is 2. The van der Waals surface area contributed by atoms with Gasteiger partial charge >= 0.3 is 0 Å². The average Bonchev–Trinajstić information content (AvgIpc) is 3.77. The van der Waals surface area contributed by atoms with Crippen LogP contribution in [0.1, 0.15) is 49.7 Å². The Labute approximate surface area is 308 Å². The first-order valence-corrected chi connectivity index (χ1v) is 20.3. The van der Waals surface area contributed by atoms with E-state index < -0.39 is 20.0 Å². The molecule has 2 heterocycles. The maximum atomic E-state index is 13.8. The zero-order valence-corrected chi connectivity index (χ0v) is 32.6. The summed E-state index contributed by atoms with van der Waals surface area (Å²) in [5.74, 6) is 1.45. The molecule has 2 aromatic carbocycles. The molecule has 2 fully saturated rings. The van der Waals surface area contributed by atoms with E-state index in [1.54, 1.807) is 31.2 Å². The van der Waals surface area contributed by atoms with E-state index in [9.17, 15) is 16.8 Å². The van der Waals surface area contributed by atoms with E-state index in [1.807, 2.05) is 87.6 Å². The lowest BCUT2D eigenvalue weighted by molar-refractivity contribution is 0.0834. The second-order valence-electron chi connectivity index (χ2n) is 14.3. The molecule has 0 atom stereocenters. The van der Waals surface area contributed by atoms with Gasteiger partial charge in [0.2, 0.25) is 0 Å². The van der Waals surface area contributed by atoms with Crippen LogP contribution in [-0.2, 0) is 44.2 Å². The number of ether oxygens (including phenoxy) is 2. The van der Waals surface area contributed by atoms with Gasteiger partial charge in [-0.1, -0.05) is 24.3 Å². The van der Waals surface area contributed by atoms with Gasteiger partial charge in [-0.25, -0.2) is 22.0 Å². The number of likely N-dealkylation sites (N-methyl/N-ethyl adjacent to an activating group) is 2. The summed E-state index contributed by atoms with van der Waals surface area (Å²) in [5.41, 5.74) is 1.52. The zero-order chi connectivity index (χ0) is 37.7. The quantitative estimate of drug-likeness (QED) is 0.190. The predicted molar refractivity (Wildman–Crippen MR) is 199 cm³/mol. The molecule has 0 unspecified atom stereocenters. The van der Waals surface area contributed by atoms with Crippen molar-refractivity contribution in [3.8, 4) is 11.5 Å². The summed E-state index contributed by atoms with van der Waals surface area (Å²) in [6.45, 7) is 2.12. The van der Waals surface area contributed by atoms with Gasteiger partial charge in [-0.05, 0) is 114 Å². The van der Waals surface area contributed by atoms with Gasteiger partial charge in [0, 0.05) is 38.6 Å². The molecule has 2 aliphatic carbocycles. The van der Waals surface area contributed by atoms with Crippen molar-refractivity contribution in [1.29, 1.82) is 0 Å². The highest BCUT2D eigenvalue weighted by Crippen LogP contribution is 2.40. The highest BCUT2D eigenvalue weighted by Gasteiger charge is 2.42. The fourth-order valence-electron chi connectivity index (χ4n) is 6.93. The standard InChI is InChI=1S/C26H34N4O4S.C10H18N4O2S/c1-28(2)20-26(15-5-16-26)30-17-14-25(27-30)35(31,32)29(18-21-6-10-23(33-3)11-7-21)19-22-8-12-24(34-4)13-9-22;1-13(2)8-10(5-3-6-10)14-7-4-9(12-14)17(11,15)16/h6-14,17H,5,15-16,18-20H2,1-4H3;4,7H,3,5-6,8H2,1-2H3,(H2,11,15,16). The number of rotatable bonds is 15. The second-order valence-corrected chi connectivity index (χ2v) is 17.7. The Morgan fingerprint density at radius 3 is 1.35 bits per heavy atom. The molecule has 0 radical (unpaired) electrons. The monoisotopic (exact) mass is 756 g/mol. The first-order valence-electron chi connectivity index (χ1n) is 17.3. The molecule has 284 valence electrons. The van der Waals surface area contributed by atoms with Crippen LogP contribution in [0.15, 0.2) is 83.1 Å². The number of sulfonamides is 2. The minimum absolute atomic E-state index is 0.0532. The summed E-state index contributed by atoms with van der Waals surface area (Å²) in [6.07, 6.45) is 9.83. The van der Waals surface area contributed by atoms with Gasteiger partial charge in [0.25, 0.3) is 20.0 Å². The first kappa shape index (κ1) is 39.4. The van der Waals surface area contributed by atoms with Crippen LogP contribution in [0.3, 0.4) is 0 Å². The Morgan fingerprint density at radius 1 is 0.654 bits per heavy atom. The Balaban J connectivity index is 0.000000257. The number of aromatic nitrogens is 4. The fourth-order valence-corrected chi connectivity index (χ4v) is 8.70. The summed E-state index contributed by atoms with van der Waals surface area (Å²) >= 11 is 0. The molecule has 0 saturated heterocycles. The van der Waals surface area contributed by atoms with E-state index in [2.05, 4.69) is 20.0 Å². The van der Waals surface area contributed by atoms with Crippen LogP contribution in [0, 0.1) is 0 Å². The molecule has 2 saturated carbocycles. The normalized spacial score (nSPS) is 16.6. The number of hydrogen-bond acceptors (Lipinski definition) is 10. The summed E-state index contributed by atoms with van der Waals surface area (Å²) < 4.78 is 65.7. The van der Waals surface area contributed by atoms with Crippen molar-refractivity contribution < 1.29 is 26.3 Å². The molecule has 2 aliphatic rings. The highest BCUT2D eigenvalue weighted by atomic mass is 32.2. The van der Waals surface area contributed by atoms with Crippen LogP contribution in [-0.4, -0.2) is 106 Å². The zero-order valence-electron chi connectivity index (χ0n) is 31.0. The molecule has 6 rings (SSSR count). The Morgan fingerprint density at radius 2 is 1.04 bits per heavy atom. The summed E-state index contributed by atoms with van der Waals surface area (Å²) in [5, 5.41) is 13.8. The molecule has 0 spiro atoms. The third-order valence-electron chi connectivity index (χ3n) is 9.82. The van der Waals surface area contributed by atoms with Crippen LogP contribution in [0.25, 0.3) is 0 Å². The third-order valence-corrected chi connectivity index (χ3v) is 12.3. The molecule has 16 heteroatoms. The number of hydrogen-bond donors (Lipinski definition) is 1. The molecule has 0 aliphatic heterocycles. The molecule has 52 heavy (non-hydrogen) atoms. The number of primary sulfonamides is 1. The van der Waals surface area contributed by atoms with Crippen LogP contribution in [0.2, 0.25) is 0 Å². The highest BCUT2D eigenvalue weighted by molar-refractivity contribution is 7.89.